The van der Waals surface area contributed by atoms with Gasteiger partial charge in [-0.05, 0) is 13.8 Å². The van der Waals surface area contributed by atoms with E-state index in [4.69, 9.17) is 4.89 Å². The van der Waals surface area contributed by atoms with Gasteiger partial charge in [-0.25, -0.2) is 0 Å². The minimum absolute atomic E-state index is 0.502. The molecular formula is C4H11O3P+. The second-order valence-electron chi connectivity index (χ2n) is 1.07. The predicted octanol–water partition coefficient (Wildman–Crippen LogP) is 1.28. The molecule has 0 aliphatic rings. The Kier molecular flexibility index (Phi) is 5.66. The summed E-state index contributed by atoms with van der Waals surface area (Å²) in [6.45, 7) is 4.62. The van der Waals surface area contributed by atoms with Crippen LogP contribution >= 0.6 is 8.60 Å². The highest BCUT2D eigenvalue weighted by Crippen LogP contribution is 2.31. The zero-order valence-electron chi connectivity index (χ0n) is 5.13. The van der Waals surface area contributed by atoms with Gasteiger partial charge in [0.2, 0.25) is 0 Å². The van der Waals surface area contributed by atoms with Gasteiger partial charge >= 0.3 is 8.60 Å². The van der Waals surface area contributed by atoms with Crippen molar-refractivity contribution in [2.24, 2.45) is 0 Å². The van der Waals surface area contributed by atoms with Crippen molar-refractivity contribution in [2.75, 3.05) is 13.2 Å². The maximum atomic E-state index is 8.67. The number of hydrogen-bond donors (Lipinski definition) is 1. The highest BCUT2D eigenvalue weighted by atomic mass is 31.2. The first-order valence-electron chi connectivity index (χ1n) is 2.56. The summed E-state index contributed by atoms with van der Waals surface area (Å²) in [5.74, 6) is 0. The molecule has 49 valence electrons. The van der Waals surface area contributed by atoms with E-state index < -0.39 is 8.60 Å². The van der Waals surface area contributed by atoms with Crippen molar-refractivity contribution in [3.05, 3.63) is 0 Å². The molecule has 0 aromatic carbocycles. The summed E-state index contributed by atoms with van der Waals surface area (Å²) in [6, 6.07) is 0. The van der Waals surface area contributed by atoms with Crippen LogP contribution in [-0.2, 0) is 9.05 Å². The van der Waals surface area contributed by atoms with E-state index in [1.165, 1.54) is 0 Å². The van der Waals surface area contributed by atoms with Gasteiger partial charge in [0, 0.05) is 0 Å². The zero-order valence-corrected chi connectivity index (χ0v) is 6.02. The Morgan fingerprint density at radius 2 is 1.62 bits per heavy atom. The molecule has 0 aromatic heterocycles. The van der Waals surface area contributed by atoms with Crippen molar-refractivity contribution in [1.29, 1.82) is 0 Å². The molecule has 0 rings (SSSR count). The maximum absolute atomic E-state index is 8.67. The van der Waals surface area contributed by atoms with Crippen LogP contribution < -0.4 is 0 Å². The van der Waals surface area contributed by atoms with Crippen LogP contribution in [0.3, 0.4) is 0 Å². The molecule has 0 fully saturated rings. The van der Waals surface area contributed by atoms with Crippen LogP contribution in [-0.4, -0.2) is 18.1 Å². The molecule has 0 unspecified atom stereocenters. The van der Waals surface area contributed by atoms with Gasteiger partial charge in [-0.1, -0.05) is 0 Å². The van der Waals surface area contributed by atoms with Crippen molar-refractivity contribution < 1.29 is 13.9 Å². The molecule has 0 spiro atoms. The van der Waals surface area contributed by atoms with Gasteiger partial charge in [0.1, 0.15) is 0 Å². The van der Waals surface area contributed by atoms with Crippen LogP contribution in [0.2, 0.25) is 0 Å². The molecule has 3 nitrogen and oxygen atoms in total. The van der Waals surface area contributed by atoms with Crippen LogP contribution in [0.25, 0.3) is 0 Å². The minimum atomic E-state index is -1.58. The van der Waals surface area contributed by atoms with Crippen LogP contribution in [0.4, 0.5) is 0 Å². The van der Waals surface area contributed by atoms with E-state index in [9.17, 15) is 0 Å². The second-order valence-corrected chi connectivity index (χ2v) is 2.07. The fourth-order valence-corrected chi connectivity index (χ4v) is 0.774. The van der Waals surface area contributed by atoms with Crippen LogP contribution in [0.5, 0.6) is 0 Å². The molecular weight excluding hydrogens is 127 g/mol. The molecule has 1 N–H and O–H groups in total. The predicted molar refractivity (Wildman–Crippen MR) is 32.4 cm³/mol. The standard InChI is InChI=1S/C4H11O3P/c1-3-6-8(5)7-4-2/h5H,3-4H2,1-2H3/q+1. The molecule has 1 radical (unpaired) electrons. The summed E-state index contributed by atoms with van der Waals surface area (Å²) >= 11 is 0. The van der Waals surface area contributed by atoms with Gasteiger partial charge in [0.15, 0.2) is 0 Å². The Bertz CT molecular complexity index is 44.5. The van der Waals surface area contributed by atoms with Crippen molar-refractivity contribution in [3.8, 4) is 0 Å². The Morgan fingerprint density at radius 1 is 1.25 bits per heavy atom. The van der Waals surface area contributed by atoms with E-state index in [0.717, 1.165) is 0 Å². The van der Waals surface area contributed by atoms with E-state index in [0.29, 0.717) is 13.2 Å². The summed E-state index contributed by atoms with van der Waals surface area (Å²) in [5.41, 5.74) is 0. The summed E-state index contributed by atoms with van der Waals surface area (Å²) in [6.07, 6.45) is 0. The van der Waals surface area contributed by atoms with Crippen LogP contribution in [0.15, 0.2) is 0 Å². The van der Waals surface area contributed by atoms with Gasteiger partial charge in [-0.15, -0.1) is 9.05 Å². The Labute approximate surface area is 50.6 Å². The van der Waals surface area contributed by atoms with Gasteiger partial charge < -0.3 is 0 Å². The van der Waals surface area contributed by atoms with Gasteiger partial charge in [-0.3, -0.25) is 0 Å². The molecule has 0 bridgehead atoms. The lowest BCUT2D eigenvalue weighted by Crippen LogP contribution is -1.87. The molecule has 0 amide bonds. The first kappa shape index (κ1) is 8.31. The average molecular weight is 138 g/mol. The summed E-state index contributed by atoms with van der Waals surface area (Å²) < 4.78 is 9.36. The van der Waals surface area contributed by atoms with E-state index >= 15 is 0 Å². The van der Waals surface area contributed by atoms with Crippen molar-refractivity contribution in [1.82, 2.24) is 0 Å². The van der Waals surface area contributed by atoms with E-state index in [1.54, 1.807) is 0 Å². The lowest BCUT2D eigenvalue weighted by Gasteiger charge is -1.87. The smallest absolute Gasteiger partial charge is 0.158 e. The number of hydrogen-bond acceptors (Lipinski definition) is 3. The van der Waals surface area contributed by atoms with Crippen molar-refractivity contribution >= 4 is 8.60 Å². The fraction of sp³-hybridized carbons (Fsp3) is 1.00. The maximum Gasteiger partial charge on any atom is 0.645 e. The first-order valence-corrected chi connectivity index (χ1v) is 3.69. The lowest BCUT2D eigenvalue weighted by atomic mass is 10.9. The minimum Gasteiger partial charge on any atom is -0.158 e. The monoisotopic (exact) mass is 138 g/mol. The third-order valence-electron chi connectivity index (χ3n) is 0.479. The van der Waals surface area contributed by atoms with Gasteiger partial charge in [-0.2, -0.15) is 4.89 Å². The normalized spacial score (nSPS) is 10.5. The molecule has 0 atom stereocenters. The molecule has 0 aromatic rings. The first-order chi connectivity index (χ1) is 3.81. The summed E-state index contributed by atoms with van der Waals surface area (Å²) in [5, 5.41) is 0. The van der Waals surface area contributed by atoms with Crippen molar-refractivity contribution in [2.45, 2.75) is 13.8 Å². The van der Waals surface area contributed by atoms with Gasteiger partial charge in [0.25, 0.3) is 0 Å². The van der Waals surface area contributed by atoms with E-state index in [1.807, 2.05) is 13.8 Å². The van der Waals surface area contributed by atoms with Crippen LogP contribution in [0, 0.1) is 0 Å². The second kappa shape index (κ2) is 5.45. The third kappa shape index (κ3) is 4.47. The highest BCUT2D eigenvalue weighted by molar-refractivity contribution is 7.40. The zero-order chi connectivity index (χ0) is 6.41. The highest BCUT2D eigenvalue weighted by Gasteiger charge is 2.21. The largest absolute Gasteiger partial charge is 0.645 e. The van der Waals surface area contributed by atoms with Gasteiger partial charge in [0.05, 0.1) is 13.2 Å². The Morgan fingerprint density at radius 3 is 1.88 bits per heavy atom. The topological polar surface area (TPSA) is 38.7 Å². The molecule has 4 heteroatoms. The molecule has 0 saturated carbocycles. The Balaban J connectivity index is 2.92. The molecule has 0 aliphatic carbocycles. The quantitative estimate of drug-likeness (QED) is 0.594. The van der Waals surface area contributed by atoms with Crippen LogP contribution in [0.1, 0.15) is 13.8 Å². The lowest BCUT2D eigenvalue weighted by molar-refractivity contribution is 0.216. The molecule has 0 saturated heterocycles. The molecule has 0 aliphatic heterocycles. The SMILES string of the molecule is CCO[P+](O)OCC. The van der Waals surface area contributed by atoms with E-state index in [-0.39, 0.29) is 0 Å². The fourth-order valence-electron chi connectivity index (χ4n) is 0.258. The summed E-state index contributed by atoms with van der Waals surface area (Å²) in [7, 11) is -1.58. The number of rotatable bonds is 4. The van der Waals surface area contributed by atoms with Crippen molar-refractivity contribution in [3.63, 3.8) is 0 Å². The third-order valence-corrected chi connectivity index (χ3v) is 1.44. The molecule has 0 heterocycles. The van der Waals surface area contributed by atoms with E-state index in [2.05, 4.69) is 9.05 Å². The Hall–Kier alpha value is 0.310. The summed E-state index contributed by atoms with van der Waals surface area (Å²) in [4.78, 5) is 8.67. The average Bonchev–Trinajstić information content (AvgIpc) is 1.68. The molecule has 8 heavy (non-hydrogen) atoms.